The van der Waals surface area contributed by atoms with Crippen LogP contribution >= 0.6 is 11.8 Å². The van der Waals surface area contributed by atoms with Crippen molar-refractivity contribution >= 4 is 11.8 Å². The summed E-state index contributed by atoms with van der Waals surface area (Å²) in [7, 11) is 2.12. The van der Waals surface area contributed by atoms with E-state index in [0.717, 1.165) is 29.7 Å². The molecule has 1 unspecified atom stereocenters. The standard InChI is InChI=1S/C14H21FN2S/c1-17(13(10-16)11-6-7-11)8-9-18-14-5-3-2-4-12(14)15/h2-5,11,13H,6-10,16H2,1H3. The largest absolute Gasteiger partial charge is 0.329 e. The summed E-state index contributed by atoms with van der Waals surface area (Å²) >= 11 is 1.58. The Morgan fingerprint density at radius 1 is 1.44 bits per heavy atom. The summed E-state index contributed by atoms with van der Waals surface area (Å²) in [6.45, 7) is 1.68. The third-order valence-electron chi connectivity index (χ3n) is 3.51. The summed E-state index contributed by atoms with van der Waals surface area (Å²) in [5.74, 6) is 1.57. The van der Waals surface area contributed by atoms with Gasteiger partial charge in [-0.2, -0.15) is 0 Å². The van der Waals surface area contributed by atoms with Crippen LogP contribution < -0.4 is 5.73 Å². The molecule has 0 heterocycles. The number of halogens is 1. The monoisotopic (exact) mass is 268 g/mol. The molecule has 0 radical (unpaired) electrons. The van der Waals surface area contributed by atoms with Crippen molar-refractivity contribution in [2.75, 3.05) is 25.9 Å². The molecule has 0 saturated heterocycles. The fourth-order valence-electron chi connectivity index (χ4n) is 2.24. The fraction of sp³-hybridized carbons (Fsp3) is 0.571. The van der Waals surface area contributed by atoms with Crippen molar-refractivity contribution in [3.8, 4) is 0 Å². The molecule has 0 aliphatic heterocycles. The summed E-state index contributed by atoms with van der Waals surface area (Å²) in [6.07, 6.45) is 2.62. The minimum Gasteiger partial charge on any atom is -0.329 e. The van der Waals surface area contributed by atoms with Crippen molar-refractivity contribution in [3.63, 3.8) is 0 Å². The number of hydrogen-bond donors (Lipinski definition) is 1. The first kappa shape index (κ1) is 13.8. The number of thioether (sulfide) groups is 1. The summed E-state index contributed by atoms with van der Waals surface area (Å²) in [5, 5.41) is 0. The Hall–Kier alpha value is -0.580. The highest BCUT2D eigenvalue weighted by atomic mass is 32.2. The van der Waals surface area contributed by atoms with Crippen molar-refractivity contribution in [3.05, 3.63) is 30.1 Å². The highest BCUT2D eigenvalue weighted by molar-refractivity contribution is 7.99. The Labute approximate surface area is 113 Å². The van der Waals surface area contributed by atoms with Gasteiger partial charge in [0.25, 0.3) is 0 Å². The fourth-order valence-corrected chi connectivity index (χ4v) is 3.22. The normalized spacial score (nSPS) is 17.1. The predicted molar refractivity (Wildman–Crippen MR) is 75.3 cm³/mol. The van der Waals surface area contributed by atoms with Crippen LogP contribution in [0.5, 0.6) is 0 Å². The molecule has 2 N–H and O–H groups in total. The van der Waals surface area contributed by atoms with E-state index in [0.29, 0.717) is 6.04 Å². The average molecular weight is 268 g/mol. The molecule has 1 aliphatic rings. The van der Waals surface area contributed by atoms with Crippen LogP contribution in [0.4, 0.5) is 4.39 Å². The smallest absolute Gasteiger partial charge is 0.136 e. The minimum absolute atomic E-state index is 0.122. The molecule has 1 saturated carbocycles. The molecule has 0 amide bonds. The molecule has 0 bridgehead atoms. The van der Waals surface area contributed by atoms with Crippen molar-refractivity contribution in [1.29, 1.82) is 0 Å². The van der Waals surface area contributed by atoms with E-state index in [1.165, 1.54) is 18.9 Å². The van der Waals surface area contributed by atoms with Gasteiger partial charge in [-0.15, -0.1) is 11.8 Å². The minimum atomic E-state index is -0.122. The van der Waals surface area contributed by atoms with Crippen molar-refractivity contribution in [1.82, 2.24) is 4.90 Å². The van der Waals surface area contributed by atoms with E-state index in [1.54, 1.807) is 17.8 Å². The zero-order valence-corrected chi connectivity index (χ0v) is 11.6. The number of rotatable bonds is 7. The maximum Gasteiger partial charge on any atom is 0.136 e. The van der Waals surface area contributed by atoms with Crippen LogP contribution in [0.3, 0.4) is 0 Å². The first-order chi connectivity index (χ1) is 8.72. The van der Waals surface area contributed by atoms with Crippen LogP contribution in [0.25, 0.3) is 0 Å². The molecule has 1 aromatic rings. The van der Waals surface area contributed by atoms with E-state index < -0.39 is 0 Å². The number of likely N-dealkylation sites (N-methyl/N-ethyl adjacent to an activating group) is 1. The van der Waals surface area contributed by atoms with E-state index in [9.17, 15) is 4.39 Å². The van der Waals surface area contributed by atoms with Crippen LogP contribution in [-0.4, -0.2) is 36.8 Å². The molecular weight excluding hydrogens is 247 g/mol. The van der Waals surface area contributed by atoms with Crippen molar-refractivity contribution in [2.45, 2.75) is 23.8 Å². The quantitative estimate of drug-likeness (QED) is 0.771. The second-order valence-corrected chi connectivity index (χ2v) is 6.04. The molecule has 1 fully saturated rings. The lowest BCUT2D eigenvalue weighted by Crippen LogP contribution is -2.40. The molecule has 2 nitrogen and oxygen atoms in total. The molecule has 0 aromatic heterocycles. The lowest BCUT2D eigenvalue weighted by molar-refractivity contribution is 0.236. The van der Waals surface area contributed by atoms with Gasteiger partial charge in [-0.3, -0.25) is 0 Å². The van der Waals surface area contributed by atoms with Gasteiger partial charge in [-0.05, 0) is 37.9 Å². The van der Waals surface area contributed by atoms with E-state index in [2.05, 4.69) is 11.9 Å². The summed E-state index contributed by atoms with van der Waals surface area (Å²) < 4.78 is 13.4. The highest BCUT2D eigenvalue weighted by Crippen LogP contribution is 2.34. The molecule has 4 heteroatoms. The topological polar surface area (TPSA) is 29.3 Å². The SMILES string of the molecule is CN(CCSc1ccccc1F)C(CN)C1CC1. The number of nitrogens with two attached hydrogens (primary N) is 1. The molecule has 2 rings (SSSR count). The van der Waals surface area contributed by atoms with E-state index in [-0.39, 0.29) is 5.82 Å². The average Bonchev–Trinajstić information content (AvgIpc) is 3.17. The third kappa shape index (κ3) is 3.70. The van der Waals surface area contributed by atoms with Gasteiger partial charge in [0.15, 0.2) is 0 Å². The Morgan fingerprint density at radius 3 is 2.78 bits per heavy atom. The third-order valence-corrected chi connectivity index (χ3v) is 4.54. The molecule has 1 aliphatic carbocycles. The van der Waals surface area contributed by atoms with Gasteiger partial charge in [0.05, 0.1) is 0 Å². The second-order valence-electron chi connectivity index (χ2n) is 4.90. The van der Waals surface area contributed by atoms with Gasteiger partial charge in [0, 0.05) is 29.8 Å². The number of nitrogens with zero attached hydrogens (tertiary/aromatic N) is 1. The van der Waals surface area contributed by atoms with E-state index >= 15 is 0 Å². The zero-order chi connectivity index (χ0) is 13.0. The summed E-state index contributed by atoms with van der Waals surface area (Å²) in [5.41, 5.74) is 5.81. The molecule has 1 aromatic carbocycles. The Bertz CT molecular complexity index is 382. The van der Waals surface area contributed by atoms with Crippen molar-refractivity contribution < 1.29 is 4.39 Å². The van der Waals surface area contributed by atoms with Gasteiger partial charge in [0.2, 0.25) is 0 Å². The van der Waals surface area contributed by atoms with Crippen LogP contribution in [0, 0.1) is 11.7 Å². The van der Waals surface area contributed by atoms with Gasteiger partial charge in [-0.25, -0.2) is 4.39 Å². The molecular formula is C14H21FN2S. The summed E-state index contributed by atoms with van der Waals surface area (Å²) in [6, 6.07) is 7.46. The Balaban J connectivity index is 1.76. The highest BCUT2D eigenvalue weighted by Gasteiger charge is 2.32. The maximum atomic E-state index is 13.4. The van der Waals surface area contributed by atoms with E-state index in [1.807, 2.05) is 12.1 Å². The van der Waals surface area contributed by atoms with Crippen LogP contribution in [0.2, 0.25) is 0 Å². The molecule has 18 heavy (non-hydrogen) atoms. The number of hydrogen-bond acceptors (Lipinski definition) is 3. The first-order valence-electron chi connectivity index (χ1n) is 6.50. The van der Waals surface area contributed by atoms with Gasteiger partial charge < -0.3 is 10.6 Å². The molecule has 1 atom stereocenters. The van der Waals surface area contributed by atoms with E-state index in [4.69, 9.17) is 5.73 Å². The Morgan fingerprint density at radius 2 is 2.17 bits per heavy atom. The number of benzene rings is 1. The van der Waals surface area contributed by atoms with Gasteiger partial charge >= 0.3 is 0 Å². The summed E-state index contributed by atoms with van der Waals surface area (Å²) in [4.78, 5) is 3.06. The van der Waals surface area contributed by atoms with Gasteiger partial charge in [0.1, 0.15) is 5.82 Å². The molecule has 0 spiro atoms. The van der Waals surface area contributed by atoms with Crippen LogP contribution in [0.15, 0.2) is 29.2 Å². The van der Waals surface area contributed by atoms with Gasteiger partial charge in [-0.1, -0.05) is 12.1 Å². The Kier molecular flexibility index (Phi) is 5.03. The first-order valence-corrected chi connectivity index (χ1v) is 7.48. The molecule has 100 valence electrons. The zero-order valence-electron chi connectivity index (χ0n) is 10.8. The second kappa shape index (κ2) is 6.55. The van der Waals surface area contributed by atoms with Crippen LogP contribution in [0.1, 0.15) is 12.8 Å². The van der Waals surface area contributed by atoms with Crippen molar-refractivity contribution in [2.24, 2.45) is 11.7 Å². The maximum absolute atomic E-state index is 13.4. The predicted octanol–water partition coefficient (Wildman–Crippen LogP) is 2.59. The lowest BCUT2D eigenvalue weighted by Gasteiger charge is -2.26. The lowest BCUT2D eigenvalue weighted by atomic mass is 10.1. The van der Waals surface area contributed by atoms with Crippen LogP contribution in [-0.2, 0) is 0 Å².